The molecule has 2 aromatic rings. The molecule has 188 valence electrons. The summed E-state index contributed by atoms with van der Waals surface area (Å²) < 4.78 is 122. The van der Waals surface area contributed by atoms with Gasteiger partial charge in [-0.1, -0.05) is 36.4 Å². The number of allylic oxidation sites excluding steroid dienone is 1. The molecular formula is C23H11F9N2O2. The van der Waals surface area contributed by atoms with Gasteiger partial charge in [-0.25, -0.2) is 14.9 Å². The number of ether oxygens (including phenoxy) is 1. The van der Waals surface area contributed by atoms with Gasteiger partial charge < -0.3 is 4.74 Å². The number of nitriles is 1. The Morgan fingerprint density at radius 3 is 2.03 bits per heavy atom. The maximum atomic E-state index is 13.7. The van der Waals surface area contributed by atoms with E-state index in [1.54, 1.807) is 24.3 Å². The summed E-state index contributed by atoms with van der Waals surface area (Å²) in [4.78, 5) is 15.8. The van der Waals surface area contributed by atoms with Crippen molar-refractivity contribution >= 4 is 11.5 Å². The third kappa shape index (κ3) is 4.04. The molecule has 0 unspecified atom stereocenters. The van der Waals surface area contributed by atoms with Crippen LogP contribution in [0.1, 0.15) is 27.9 Å². The van der Waals surface area contributed by atoms with Gasteiger partial charge in [0.1, 0.15) is 0 Å². The van der Waals surface area contributed by atoms with Gasteiger partial charge in [-0.15, -0.1) is 0 Å². The lowest BCUT2D eigenvalue weighted by atomic mass is 9.98. The van der Waals surface area contributed by atoms with E-state index in [9.17, 15) is 49.6 Å². The first-order chi connectivity index (χ1) is 16.6. The SMILES string of the molecule is [C-]#[N+]/C(C#N)=C1\c2ccccc2-c2c(C(=O)OCCC(F)(F)C(F)(F)C(F)(F)C(F)(F)F)cccc21. The van der Waals surface area contributed by atoms with Gasteiger partial charge in [0.05, 0.1) is 31.2 Å². The van der Waals surface area contributed by atoms with E-state index in [1.807, 2.05) is 0 Å². The van der Waals surface area contributed by atoms with Gasteiger partial charge in [0.2, 0.25) is 0 Å². The van der Waals surface area contributed by atoms with E-state index in [4.69, 9.17) is 6.57 Å². The number of hydrogen-bond acceptors (Lipinski definition) is 3. The molecule has 0 bridgehead atoms. The van der Waals surface area contributed by atoms with Crippen LogP contribution < -0.4 is 0 Å². The molecule has 0 fully saturated rings. The van der Waals surface area contributed by atoms with E-state index in [0.29, 0.717) is 11.1 Å². The van der Waals surface area contributed by atoms with Crippen molar-refractivity contribution in [3.05, 3.63) is 76.3 Å². The first kappa shape index (κ1) is 26.6. The molecule has 0 amide bonds. The first-order valence-electron chi connectivity index (χ1n) is 9.74. The minimum Gasteiger partial charge on any atom is -0.462 e. The van der Waals surface area contributed by atoms with Crippen molar-refractivity contribution < 1.29 is 49.0 Å². The fourth-order valence-electron chi connectivity index (χ4n) is 3.59. The molecule has 0 saturated carbocycles. The van der Waals surface area contributed by atoms with E-state index in [0.717, 1.165) is 6.07 Å². The highest BCUT2D eigenvalue weighted by atomic mass is 19.4. The fourth-order valence-corrected chi connectivity index (χ4v) is 3.59. The molecule has 0 radical (unpaired) electrons. The van der Waals surface area contributed by atoms with Crippen molar-refractivity contribution in [1.82, 2.24) is 0 Å². The number of alkyl halides is 9. The number of halogens is 9. The molecule has 0 saturated heterocycles. The number of hydrogen-bond donors (Lipinski definition) is 0. The monoisotopic (exact) mass is 518 g/mol. The lowest BCUT2D eigenvalue weighted by Crippen LogP contribution is -2.61. The van der Waals surface area contributed by atoms with Gasteiger partial charge in [-0.05, 0) is 22.8 Å². The van der Waals surface area contributed by atoms with Crippen LogP contribution in [0.15, 0.2) is 48.2 Å². The molecule has 0 N–H and O–H groups in total. The zero-order valence-electron chi connectivity index (χ0n) is 17.6. The van der Waals surface area contributed by atoms with E-state index in [2.05, 4.69) is 9.58 Å². The zero-order chi connectivity index (χ0) is 27.1. The Bertz CT molecular complexity index is 1320. The molecule has 3 rings (SSSR count). The highest BCUT2D eigenvalue weighted by Gasteiger charge is 2.81. The number of benzene rings is 2. The Balaban J connectivity index is 1.90. The lowest BCUT2D eigenvalue weighted by molar-refractivity contribution is -0.397. The highest BCUT2D eigenvalue weighted by molar-refractivity contribution is 6.10. The summed E-state index contributed by atoms with van der Waals surface area (Å²) in [6.45, 7) is 5.61. The Kier molecular flexibility index (Phi) is 6.57. The van der Waals surface area contributed by atoms with Crippen molar-refractivity contribution in [3.8, 4) is 17.2 Å². The number of nitrogens with zero attached hydrogens (tertiary/aromatic N) is 2. The van der Waals surface area contributed by atoms with Gasteiger partial charge >= 0.3 is 29.9 Å². The number of esters is 1. The fraction of sp³-hybridized carbons (Fsp3) is 0.261. The number of fused-ring (bicyclic) bond motifs is 3. The minimum absolute atomic E-state index is 0.130. The molecule has 1 aliphatic rings. The van der Waals surface area contributed by atoms with Gasteiger partial charge in [-0.2, -0.15) is 39.5 Å². The Morgan fingerprint density at radius 2 is 1.47 bits per heavy atom. The summed E-state index contributed by atoms with van der Waals surface area (Å²) in [6, 6.07) is 11.8. The maximum Gasteiger partial charge on any atom is 0.460 e. The smallest absolute Gasteiger partial charge is 0.460 e. The van der Waals surface area contributed by atoms with Crippen LogP contribution in [0.2, 0.25) is 0 Å². The van der Waals surface area contributed by atoms with Crippen molar-refractivity contribution in [3.63, 3.8) is 0 Å². The molecule has 0 atom stereocenters. The third-order valence-corrected chi connectivity index (χ3v) is 5.33. The molecular weight excluding hydrogens is 507 g/mol. The second-order valence-electron chi connectivity index (χ2n) is 7.46. The van der Waals surface area contributed by atoms with Gasteiger partial charge in [0.25, 0.3) is 5.70 Å². The second kappa shape index (κ2) is 8.90. The number of rotatable bonds is 6. The first-order valence-corrected chi connectivity index (χ1v) is 9.74. The molecule has 0 aromatic heterocycles. The summed E-state index contributed by atoms with van der Waals surface area (Å²) in [5.41, 5.74) is 0.666. The van der Waals surface area contributed by atoms with Gasteiger partial charge in [0, 0.05) is 11.1 Å². The summed E-state index contributed by atoms with van der Waals surface area (Å²) >= 11 is 0. The standard InChI is InChI=1S/C23H11F9N2O2/c1-34-16(11-33)18-13-6-3-2-5-12(13)17-14(18)7-4-8-15(17)19(35)36-10-9-20(24,25)21(26,27)22(28,29)23(30,31)32/h2-8H,9-10H2/b18-16+. The van der Waals surface area contributed by atoms with Crippen LogP contribution in [0, 0.1) is 17.9 Å². The molecule has 13 heteroatoms. The molecule has 4 nitrogen and oxygen atoms in total. The predicted molar refractivity (Wildman–Crippen MR) is 106 cm³/mol. The Hall–Kier alpha value is -4.00. The summed E-state index contributed by atoms with van der Waals surface area (Å²) in [5, 5.41) is 9.31. The van der Waals surface area contributed by atoms with Gasteiger partial charge in [-0.3, -0.25) is 0 Å². The van der Waals surface area contributed by atoms with Crippen molar-refractivity contribution in [1.29, 1.82) is 5.26 Å². The van der Waals surface area contributed by atoms with Crippen LogP contribution >= 0.6 is 0 Å². The van der Waals surface area contributed by atoms with Crippen LogP contribution in [-0.2, 0) is 4.74 Å². The molecule has 2 aromatic carbocycles. The van der Waals surface area contributed by atoms with Crippen LogP contribution in [0.3, 0.4) is 0 Å². The quantitative estimate of drug-likeness (QED) is 0.155. The summed E-state index contributed by atoms with van der Waals surface area (Å²) in [6.07, 6.45) is -9.28. The van der Waals surface area contributed by atoms with Crippen molar-refractivity contribution in [2.45, 2.75) is 30.4 Å². The minimum atomic E-state index is -7.04. The predicted octanol–water partition coefficient (Wildman–Crippen LogP) is 6.88. The van der Waals surface area contributed by atoms with E-state index in [1.165, 1.54) is 18.2 Å². The van der Waals surface area contributed by atoms with Crippen LogP contribution in [0.25, 0.3) is 21.5 Å². The summed E-state index contributed by atoms with van der Waals surface area (Å²) in [7, 11) is 0. The van der Waals surface area contributed by atoms with Crippen LogP contribution in [0.4, 0.5) is 39.5 Å². The summed E-state index contributed by atoms with van der Waals surface area (Å²) in [5.74, 6) is -21.1. The normalized spacial score (nSPS) is 14.9. The average Bonchev–Trinajstić information content (AvgIpc) is 3.13. The topological polar surface area (TPSA) is 54.5 Å². The molecule has 1 aliphatic carbocycles. The average molecular weight is 518 g/mol. The van der Waals surface area contributed by atoms with E-state index in [-0.39, 0.29) is 28.0 Å². The Morgan fingerprint density at radius 1 is 0.889 bits per heavy atom. The van der Waals surface area contributed by atoms with Crippen LogP contribution in [0.5, 0.6) is 0 Å². The van der Waals surface area contributed by atoms with Crippen LogP contribution in [-0.4, -0.2) is 36.5 Å². The Labute approximate surface area is 197 Å². The maximum absolute atomic E-state index is 13.7. The molecule has 0 spiro atoms. The van der Waals surface area contributed by atoms with E-state index < -0.39 is 42.9 Å². The van der Waals surface area contributed by atoms with Crippen molar-refractivity contribution in [2.75, 3.05) is 6.61 Å². The molecule has 0 aliphatic heterocycles. The largest absolute Gasteiger partial charge is 0.462 e. The van der Waals surface area contributed by atoms with E-state index >= 15 is 0 Å². The third-order valence-electron chi connectivity index (χ3n) is 5.33. The number of carbonyl (C=O) groups is 1. The number of carbonyl (C=O) groups excluding carboxylic acids is 1. The lowest BCUT2D eigenvalue weighted by Gasteiger charge is -2.33. The van der Waals surface area contributed by atoms with Gasteiger partial charge in [0.15, 0.2) is 0 Å². The van der Waals surface area contributed by atoms with Crippen molar-refractivity contribution in [2.24, 2.45) is 0 Å². The zero-order valence-corrected chi connectivity index (χ0v) is 17.6. The molecule has 36 heavy (non-hydrogen) atoms. The molecule has 0 heterocycles. The second-order valence-corrected chi connectivity index (χ2v) is 7.46. The highest BCUT2D eigenvalue weighted by Crippen LogP contribution is 2.54.